The summed E-state index contributed by atoms with van der Waals surface area (Å²) in [5.74, 6) is 2.28. The SMILES string of the molecule is Cc1cnc(Nc2ccc(OCCN3CCCC3)cc2)nc1NCc1ccccc1. The number of ether oxygens (including phenoxy) is 1. The molecule has 0 saturated carbocycles. The molecule has 3 aromatic rings. The summed E-state index contributed by atoms with van der Waals surface area (Å²) in [4.78, 5) is 11.5. The monoisotopic (exact) mass is 403 g/mol. The van der Waals surface area contributed by atoms with E-state index in [1.165, 1.54) is 31.5 Å². The van der Waals surface area contributed by atoms with E-state index in [9.17, 15) is 0 Å². The lowest BCUT2D eigenvalue weighted by Gasteiger charge is -2.15. The van der Waals surface area contributed by atoms with Crippen LogP contribution >= 0.6 is 0 Å². The van der Waals surface area contributed by atoms with E-state index in [4.69, 9.17) is 4.74 Å². The Labute approximate surface area is 178 Å². The van der Waals surface area contributed by atoms with Crippen molar-refractivity contribution >= 4 is 17.5 Å². The van der Waals surface area contributed by atoms with E-state index in [1.807, 2.05) is 55.6 Å². The van der Waals surface area contributed by atoms with Crippen molar-refractivity contribution in [1.82, 2.24) is 14.9 Å². The highest BCUT2D eigenvalue weighted by Gasteiger charge is 2.10. The van der Waals surface area contributed by atoms with Crippen LogP contribution < -0.4 is 15.4 Å². The largest absolute Gasteiger partial charge is 0.492 e. The standard InChI is InChI=1S/C24H29N5O/c1-19-17-26-24(28-23(19)25-18-20-7-3-2-4-8-20)27-21-9-11-22(12-10-21)30-16-15-29-13-5-6-14-29/h2-4,7-12,17H,5-6,13-16,18H2,1H3,(H2,25,26,27,28). The van der Waals surface area contributed by atoms with Crippen molar-refractivity contribution < 1.29 is 4.74 Å². The zero-order valence-corrected chi connectivity index (χ0v) is 17.5. The molecule has 2 N–H and O–H groups in total. The Balaban J connectivity index is 1.31. The molecule has 6 nitrogen and oxygen atoms in total. The van der Waals surface area contributed by atoms with Gasteiger partial charge in [0, 0.05) is 30.5 Å². The molecule has 0 radical (unpaired) electrons. The third-order valence-corrected chi connectivity index (χ3v) is 5.26. The Morgan fingerprint density at radius 1 is 1.00 bits per heavy atom. The minimum Gasteiger partial charge on any atom is -0.492 e. The van der Waals surface area contributed by atoms with Crippen LogP contribution in [0.15, 0.2) is 60.8 Å². The van der Waals surface area contributed by atoms with Gasteiger partial charge in [0.15, 0.2) is 0 Å². The van der Waals surface area contributed by atoms with Crippen LogP contribution in [-0.2, 0) is 6.54 Å². The highest BCUT2D eigenvalue weighted by atomic mass is 16.5. The highest BCUT2D eigenvalue weighted by Crippen LogP contribution is 2.20. The van der Waals surface area contributed by atoms with Gasteiger partial charge in [0.05, 0.1) is 0 Å². The summed E-state index contributed by atoms with van der Waals surface area (Å²) in [5, 5.41) is 6.67. The average molecular weight is 404 g/mol. The average Bonchev–Trinajstić information content (AvgIpc) is 3.30. The lowest BCUT2D eigenvalue weighted by molar-refractivity contribution is 0.238. The van der Waals surface area contributed by atoms with Crippen molar-refractivity contribution in [2.45, 2.75) is 26.3 Å². The zero-order chi connectivity index (χ0) is 20.6. The van der Waals surface area contributed by atoms with Gasteiger partial charge in [-0.05, 0) is 62.7 Å². The Kier molecular flexibility index (Phi) is 6.77. The second-order valence-corrected chi connectivity index (χ2v) is 7.61. The normalized spacial score (nSPS) is 13.9. The summed E-state index contributed by atoms with van der Waals surface area (Å²) in [6.07, 6.45) is 4.45. The fourth-order valence-electron chi connectivity index (χ4n) is 3.53. The molecular formula is C24H29N5O. The summed E-state index contributed by atoms with van der Waals surface area (Å²) < 4.78 is 5.87. The van der Waals surface area contributed by atoms with E-state index in [2.05, 4.69) is 37.6 Å². The predicted octanol–water partition coefficient (Wildman–Crippen LogP) is 4.62. The summed E-state index contributed by atoms with van der Waals surface area (Å²) in [5.41, 5.74) is 3.16. The lowest BCUT2D eigenvalue weighted by Crippen LogP contribution is -2.25. The number of anilines is 3. The number of likely N-dealkylation sites (tertiary alicyclic amines) is 1. The minimum absolute atomic E-state index is 0.568. The number of aromatic nitrogens is 2. The Hall–Kier alpha value is -3.12. The van der Waals surface area contributed by atoms with Gasteiger partial charge in [-0.25, -0.2) is 4.98 Å². The van der Waals surface area contributed by atoms with E-state index in [1.54, 1.807) is 0 Å². The molecule has 0 unspecified atom stereocenters. The lowest BCUT2D eigenvalue weighted by atomic mass is 10.2. The molecule has 156 valence electrons. The van der Waals surface area contributed by atoms with Crippen LogP contribution in [0.25, 0.3) is 0 Å². The molecule has 2 aromatic carbocycles. The van der Waals surface area contributed by atoms with E-state index >= 15 is 0 Å². The number of nitrogens with one attached hydrogen (secondary N) is 2. The molecule has 4 rings (SSSR count). The molecule has 0 spiro atoms. The van der Waals surface area contributed by atoms with Gasteiger partial charge in [0.1, 0.15) is 18.2 Å². The zero-order valence-electron chi connectivity index (χ0n) is 17.5. The topological polar surface area (TPSA) is 62.3 Å². The Bertz CT molecular complexity index is 924. The fraction of sp³-hybridized carbons (Fsp3) is 0.333. The molecule has 6 heteroatoms. The molecule has 1 aromatic heterocycles. The Morgan fingerprint density at radius 3 is 2.53 bits per heavy atom. The summed E-state index contributed by atoms with van der Waals surface area (Å²) in [7, 11) is 0. The molecule has 0 atom stereocenters. The smallest absolute Gasteiger partial charge is 0.229 e. The van der Waals surface area contributed by atoms with Crippen LogP contribution in [0.2, 0.25) is 0 Å². The minimum atomic E-state index is 0.568. The number of aryl methyl sites for hydroxylation is 1. The maximum atomic E-state index is 5.87. The molecule has 0 aliphatic carbocycles. The van der Waals surface area contributed by atoms with E-state index in [0.29, 0.717) is 5.95 Å². The predicted molar refractivity (Wildman–Crippen MR) is 121 cm³/mol. The maximum Gasteiger partial charge on any atom is 0.229 e. The van der Waals surface area contributed by atoms with Gasteiger partial charge < -0.3 is 15.4 Å². The van der Waals surface area contributed by atoms with Crippen LogP contribution in [-0.4, -0.2) is 41.1 Å². The molecule has 2 heterocycles. The highest BCUT2D eigenvalue weighted by molar-refractivity contribution is 5.57. The summed E-state index contributed by atoms with van der Waals surface area (Å²) in [6, 6.07) is 18.2. The first kappa shape index (κ1) is 20.2. The molecule has 0 bridgehead atoms. The second-order valence-electron chi connectivity index (χ2n) is 7.61. The van der Waals surface area contributed by atoms with Gasteiger partial charge in [0.2, 0.25) is 5.95 Å². The van der Waals surface area contributed by atoms with E-state index in [-0.39, 0.29) is 0 Å². The summed E-state index contributed by atoms with van der Waals surface area (Å²) >= 11 is 0. The number of nitrogens with zero attached hydrogens (tertiary/aromatic N) is 3. The van der Waals surface area contributed by atoms with E-state index < -0.39 is 0 Å². The van der Waals surface area contributed by atoms with Gasteiger partial charge >= 0.3 is 0 Å². The number of rotatable bonds is 9. The van der Waals surface area contributed by atoms with Crippen LogP contribution in [0.1, 0.15) is 24.0 Å². The van der Waals surface area contributed by atoms with Gasteiger partial charge in [0.25, 0.3) is 0 Å². The maximum absolute atomic E-state index is 5.87. The third-order valence-electron chi connectivity index (χ3n) is 5.26. The van der Waals surface area contributed by atoms with Crippen LogP contribution in [0, 0.1) is 6.92 Å². The second kappa shape index (κ2) is 10.1. The Morgan fingerprint density at radius 2 is 1.77 bits per heavy atom. The fourth-order valence-corrected chi connectivity index (χ4v) is 3.53. The van der Waals surface area contributed by atoms with Gasteiger partial charge in [-0.2, -0.15) is 4.98 Å². The van der Waals surface area contributed by atoms with Gasteiger partial charge in [-0.3, -0.25) is 4.90 Å². The summed E-state index contributed by atoms with van der Waals surface area (Å²) in [6.45, 7) is 6.85. The van der Waals surface area contributed by atoms with Crippen LogP contribution in [0.5, 0.6) is 5.75 Å². The van der Waals surface area contributed by atoms with Crippen molar-refractivity contribution in [3.63, 3.8) is 0 Å². The molecular weight excluding hydrogens is 374 g/mol. The number of hydrogen-bond donors (Lipinski definition) is 2. The quantitative estimate of drug-likeness (QED) is 0.544. The molecule has 30 heavy (non-hydrogen) atoms. The molecule has 0 amide bonds. The number of benzene rings is 2. The van der Waals surface area contributed by atoms with Crippen molar-refractivity contribution in [2.75, 3.05) is 36.9 Å². The van der Waals surface area contributed by atoms with Gasteiger partial charge in [-0.1, -0.05) is 30.3 Å². The first-order chi connectivity index (χ1) is 14.8. The van der Waals surface area contributed by atoms with Crippen LogP contribution in [0.3, 0.4) is 0 Å². The third kappa shape index (κ3) is 5.70. The molecule has 1 aliphatic heterocycles. The van der Waals surface area contributed by atoms with Crippen molar-refractivity contribution in [3.05, 3.63) is 71.9 Å². The number of hydrogen-bond acceptors (Lipinski definition) is 6. The molecule has 1 fully saturated rings. The molecule has 1 aliphatic rings. The first-order valence-electron chi connectivity index (χ1n) is 10.6. The van der Waals surface area contributed by atoms with Crippen molar-refractivity contribution in [1.29, 1.82) is 0 Å². The van der Waals surface area contributed by atoms with E-state index in [0.717, 1.165) is 42.5 Å². The van der Waals surface area contributed by atoms with Gasteiger partial charge in [-0.15, -0.1) is 0 Å². The van der Waals surface area contributed by atoms with Crippen molar-refractivity contribution in [3.8, 4) is 5.75 Å². The first-order valence-corrected chi connectivity index (χ1v) is 10.6. The molecule has 1 saturated heterocycles. The van der Waals surface area contributed by atoms with Crippen molar-refractivity contribution in [2.24, 2.45) is 0 Å². The van der Waals surface area contributed by atoms with Crippen LogP contribution in [0.4, 0.5) is 17.5 Å².